The second-order valence-electron chi connectivity index (χ2n) is 6.39. The van der Waals surface area contributed by atoms with Gasteiger partial charge in [0.2, 0.25) is 0 Å². The van der Waals surface area contributed by atoms with Crippen molar-refractivity contribution in [2.45, 2.75) is 50.3 Å². The molecule has 0 aromatic carbocycles. The Bertz CT molecular complexity index is 291. The molecule has 4 aliphatic carbocycles. The summed E-state index contributed by atoms with van der Waals surface area (Å²) in [5.74, 6) is 2.62. The van der Waals surface area contributed by atoms with E-state index in [1.54, 1.807) is 0 Å². The molecule has 0 saturated heterocycles. The van der Waals surface area contributed by atoms with Crippen LogP contribution in [0, 0.1) is 23.2 Å². The van der Waals surface area contributed by atoms with Gasteiger partial charge in [0.25, 0.3) is 0 Å². The van der Waals surface area contributed by atoms with Gasteiger partial charge in [0, 0.05) is 0 Å². The van der Waals surface area contributed by atoms with Crippen LogP contribution in [0.2, 0.25) is 0 Å². The second-order valence-corrected chi connectivity index (χ2v) is 7.31. The predicted octanol–water partition coefficient (Wildman–Crippen LogP) is 3.53. The number of ether oxygens (including phenoxy) is 1. The second kappa shape index (κ2) is 4.25. The molecule has 0 aromatic heterocycles. The minimum Gasteiger partial charge on any atom is -0.465 e. The standard InChI is InChI=1S/C14H21BrO2/c1-2-17-13(16)12(15)14-6-9-3-10(7-14)5-11(4-9)8-14/h9-12H,2-8H2,1H3. The topological polar surface area (TPSA) is 26.3 Å². The van der Waals surface area contributed by atoms with Crippen molar-refractivity contribution < 1.29 is 9.53 Å². The van der Waals surface area contributed by atoms with E-state index in [0.717, 1.165) is 17.8 Å². The molecule has 0 aromatic rings. The number of rotatable bonds is 3. The molecule has 0 aliphatic heterocycles. The molecule has 0 amide bonds. The quantitative estimate of drug-likeness (QED) is 0.589. The molecule has 96 valence electrons. The van der Waals surface area contributed by atoms with Crippen molar-refractivity contribution in [3.05, 3.63) is 0 Å². The fourth-order valence-corrected chi connectivity index (χ4v) is 5.65. The third-order valence-electron chi connectivity index (χ3n) is 5.12. The first kappa shape index (κ1) is 12.0. The molecule has 0 heterocycles. The number of alkyl halides is 1. The minimum atomic E-state index is -0.0663. The molecule has 0 spiro atoms. The van der Waals surface area contributed by atoms with Gasteiger partial charge in [-0.2, -0.15) is 0 Å². The maximum absolute atomic E-state index is 12.0. The summed E-state index contributed by atoms with van der Waals surface area (Å²) in [5, 5.41) is 0. The van der Waals surface area contributed by atoms with Crippen LogP contribution in [0.5, 0.6) is 0 Å². The number of halogens is 1. The van der Waals surface area contributed by atoms with Crippen molar-refractivity contribution in [3.8, 4) is 0 Å². The first-order valence-corrected chi connectivity index (χ1v) is 7.85. The summed E-state index contributed by atoms with van der Waals surface area (Å²) in [6.45, 7) is 2.38. The van der Waals surface area contributed by atoms with Crippen molar-refractivity contribution in [1.82, 2.24) is 0 Å². The number of hydrogen-bond donors (Lipinski definition) is 0. The lowest BCUT2D eigenvalue weighted by molar-refractivity contribution is -0.149. The lowest BCUT2D eigenvalue weighted by atomic mass is 9.49. The summed E-state index contributed by atoms with van der Waals surface area (Å²) in [7, 11) is 0. The molecule has 0 radical (unpaired) electrons. The van der Waals surface area contributed by atoms with Crippen LogP contribution in [0.4, 0.5) is 0 Å². The zero-order valence-corrected chi connectivity index (χ0v) is 12.0. The highest BCUT2D eigenvalue weighted by Crippen LogP contribution is 2.62. The normalized spacial score (nSPS) is 44.7. The number of esters is 1. The van der Waals surface area contributed by atoms with Crippen molar-refractivity contribution in [2.75, 3.05) is 6.61 Å². The molecule has 4 aliphatic rings. The Kier molecular flexibility index (Phi) is 3.00. The molecule has 1 atom stereocenters. The number of carbonyl (C=O) groups is 1. The van der Waals surface area contributed by atoms with Crippen molar-refractivity contribution in [3.63, 3.8) is 0 Å². The van der Waals surface area contributed by atoms with Gasteiger partial charge in [-0.3, -0.25) is 4.79 Å². The molecule has 4 saturated carbocycles. The van der Waals surface area contributed by atoms with E-state index in [2.05, 4.69) is 15.9 Å². The summed E-state index contributed by atoms with van der Waals surface area (Å²) in [5.41, 5.74) is 0.223. The zero-order valence-electron chi connectivity index (χ0n) is 10.5. The zero-order chi connectivity index (χ0) is 12.0. The molecule has 3 heteroatoms. The first-order chi connectivity index (χ1) is 8.13. The van der Waals surface area contributed by atoms with Crippen molar-refractivity contribution in [2.24, 2.45) is 23.2 Å². The van der Waals surface area contributed by atoms with E-state index < -0.39 is 0 Å². The van der Waals surface area contributed by atoms with Crippen molar-refractivity contribution in [1.29, 1.82) is 0 Å². The Morgan fingerprint density at radius 3 is 2.12 bits per heavy atom. The van der Waals surface area contributed by atoms with Gasteiger partial charge in [-0.05, 0) is 68.6 Å². The Hall–Kier alpha value is -0.0500. The fraction of sp³-hybridized carbons (Fsp3) is 0.929. The van der Waals surface area contributed by atoms with Gasteiger partial charge in [-0.25, -0.2) is 0 Å². The lowest BCUT2D eigenvalue weighted by Crippen LogP contribution is -2.52. The SMILES string of the molecule is CCOC(=O)C(Br)C12CC3CC(CC(C3)C1)C2. The lowest BCUT2D eigenvalue weighted by Gasteiger charge is -2.57. The molecule has 1 unspecified atom stereocenters. The van der Waals surface area contributed by atoms with Gasteiger partial charge in [0.15, 0.2) is 0 Å². The van der Waals surface area contributed by atoms with Crippen LogP contribution in [0.15, 0.2) is 0 Å². The number of carbonyl (C=O) groups excluding carboxylic acids is 1. The van der Waals surface area contributed by atoms with E-state index >= 15 is 0 Å². The van der Waals surface area contributed by atoms with E-state index in [0.29, 0.717) is 6.61 Å². The summed E-state index contributed by atoms with van der Waals surface area (Å²) >= 11 is 3.66. The Morgan fingerprint density at radius 1 is 1.24 bits per heavy atom. The minimum absolute atomic E-state index is 0.0329. The van der Waals surface area contributed by atoms with Gasteiger partial charge in [-0.15, -0.1) is 0 Å². The maximum Gasteiger partial charge on any atom is 0.320 e. The number of hydrogen-bond acceptors (Lipinski definition) is 2. The third kappa shape index (κ3) is 1.94. The molecule has 4 bridgehead atoms. The molecule has 2 nitrogen and oxygen atoms in total. The summed E-state index contributed by atoms with van der Waals surface area (Å²) in [6, 6.07) is 0. The van der Waals surface area contributed by atoms with Gasteiger partial charge in [0.05, 0.1) is 6.61 Å². The largest absolute Gasteiger partial charge is 0.465 e. The van der Waals surface area contributed by atoms with Crippen LogP contribution >= 0.6 is 15.9 Å². The van der Waals surface area contributed by atoms with E-state index in [1.165, 1.54) is 38.5 Å². The Balaban J connectivity index is 1.79. The summed E-state index contributed by atoms with van der Waals surface area (Å²) in [4.78, 5) is 11.9. The summed E-state index contributed by atoms with van der Waals surface area (Å²) in [6.07, 6.45) is 7.99. The smallest absolute Gasteiger partial charge is 0.320 e. The van der Waals surface area contributed by atoms with Crippen LogP contribution < -0.4 is 0 Å². The van der Waals surface area contributed by atoms with Gasteiger partial charge >= 0.3 is 5.97 Å². The van der Waals surface area contributed by atoms with Crippen LogP contribution in [-0.2, 0) is 9.53 Å². The molecule has 0 N–H and O–H groups in total. The summed E-state index contributed by atoms with van der Waals surface area (Å²) < 4.78 is 5.21. The molecular weight excluding hydrogens is 280 g/mol. The molecular formula is C14H21BrO2. The Morgan fingerprint density at radius 2 is 1.71 bits per heavy atom. The highest BCUT2D eigenvalue weighted by Gasteiger charge is 2.55. The van der Waals surface area contributed by atoms with Gasteiger partial charge < -0.3 is 4.74 Å². The van der Waals surface area contributed by atoms with Crippen LogP contribution in [-0.4, -0.2) is 17.4 Å². The third-order valence-corrected chi connectivity index (χ3v) is 6.46. The monoisotopic (exact) mass is 300 g/mol. The highest BCUT2D eigenvalue weighted by molar-refractivity contribution is 9.10. The van der Waals surface area contributed by atoms with E-state index in [9.17, 15) is 4.79 Å². The highest BCUT2D eigenvalue weighted by atomic mass is 79.9. The van der Waals surface area contributed by atoms with Crippen LogP contribution in [0.1, 0.15) is 45.4 Å². The van der Waals surface area contributed by atoms with Crippen molar-refractivity contribution >= 4 is 21.9 Å². The average Bonchev–Trinajstić information content (AvgIpc) is 2.26. The van der Waals surface area contributed by atoms with Crippen LogP contribution in [0.3, 0.4) is 0 Å². The van der Waals surface area contributed by atoms with Gasteiger partial charge in [0.1, 0.15) is 4.83 Å². The van der Waals surface area contributed by atoms with E-state index in [1.807, 2.05) is 6.92 Å². The molecule has 4 fully saturated rings. The predicted molar refractivity (Wildman–Crippen MR) is 70.0 cm³/mol. The fourth-order valence-electron chi connectivity index (χ4n) is 4.95. The molecule has 17 heavy (non-hydrogen) atoms. The average molecular weight is 301 g/mol. The Labute approximate surface area is 112 Å². The van der Waals surface area contributed by atoms with Gasteiger partial charge in [-0.1, -0.05) is 15.9 Å². The van der Waals surface area contributed by atoms with Crippen LogP contribution in [0.25, 0.3) is 0 Å². The molecule has 4 rings (SSSR count). The maximum atomic E-state index is 12.0. The van der Waals surface area contributed by atoms with E-state index in [-0.39, 0.29) is 16.2 Å². The first-order valence-electron chi connectivity index (χ1n) is 6.93. The van der Waals surface area contributed by atoms with E-state index in [4.69, 9.17) is 4.74 Å².